The largest absolute Gasteiger partial charge is 0.416 e. The van der Waals surface area contributed by atoms with Crippen molar-refractivity contribution >= 4 is 15.9 Å². The molecule has 0 saturated carbocycles. The van der Waals surface area contributed by atoms with Crippen molar-refractivity contribution < 1.29 is 30.8 Å². The highest BCUT2D eigenvalue weighted by Gasteiger charge is 2.35. The molecule has 0 aromatic heterocycles. The standard InChI is InChI=1S/C23H26F4N2O3S/c1-14-10-15(2)21(16(3)11-14)33(31,32)29-8-6-17(7-9-29)22(30)28-13-18-4-5-19(24)12-20(18)23(25,26)27/h4-5,10-12,17H,6-9,13H2,1-3H3,(H,28,30). The third-order valence-corrected chi connectivity index (χ3v) is 8.06. The number of hydrogen-bond acceptors (Lipinski definition) is 3. The monoisotopic (exact) mass is 486 g/mol. The van der Waals surface area contributed by atoms with Crippen molar-refractivity contribution in [2.75, 3.05) is 13.1 Å². The molecule has 1 heterocycles. The van der Waals surface area contributed by atoms with Crippen LogP contribution in [-0.4, -0.2) is 31.7 Å². The van der Waals surface area contributed by atoms with E-state index in [-0.39, 0.29) is 36.4 Å². The molecule has 5 nitrogen and oxygen atoms in total. The Hall–Kier alpha value is -2.46. The topological polar surface area (TPSA) is 66.5 Å². The summed E-state index contributed by atoms with van der Waals surface area (Å²) in [6.45, 7) is 5.27. The molecule has 0 radical (unpaired) electrons. The molecule has 10 heteroatoms. The van der Waals surface area contributed by atoms with Crippen LogP contribution in [0.15, 0.2) is 35.2 Å². The van der Waals surface area contributed by atoms with Crippen LogP contribution < -0.4 is 5.32 Å². The van der Waals surface area contributed by atoms with Crippen LogP contribution in [0.5, 0.6) is 0 Å². The zero-order chi connectivity index (χ0) is 24.6. The zero-order valence-electron chi connectivity index (χ0n) is 18.6. The number of alkyl halides is 3. The molecule has 180 valence electrons. The van der Waals surface area contributed by atoms with Crippen LogP contribution in [0, 0.1) is 32.5 Å². The maximum absolute atomic E-state index is 13.3. The molecular weight excluding hydrogens is 460 g/mol. The molecule has 0 aliphatic carbocycles. The Labute approximate surface area is 190 Å². The van der Waals surface area contributed by atoms with Gasteiger partial charge in [0, 0.05) is 25.6 Å². The molecule has 0 bridgehead atoms. The van der Waals surface area contributed by atoms with Gasteiger partial charge in [-0.3, -0.25) is 4.79 Å². The van der Waals surface area contributed by atoms with E-state index in [1.54, 1.807) is 13.8 Å². The summed E-state index contributed by atoms with van der Waals surface area (Å²) in [6, 6.07) is 5.93. The fourth-order valence-corrected chi connectivity index (χ4v) is 6.24. The lowest BCUT2D eigenvalue weighted by molar-refractivity contribution is -0.138. The van der Waals surface area contributed by atoms with Gasteiger partial charge in [0.15, 0.2) is 0 Å². The Morgan fingerprint density at radius 3 is 2.18 bits per heavy atom. The summed E-state index contributed by atoms with van der Waals surface area (Å²) >= 11 is 0. The van der Waals surface area contributed by atoms with Crippen molar-refractivity contribution in [3.05, 3.63) is 64.0 Å². The number of nitrogens with one attached hydrogen (secondary N) is 1. The number of sulfonamides is 1. The number of carbonyl (C=O) groups excluding carboxylic acids is 1. The highest BCUT2D eigenvalue weighted by Crippen LogP contribution is 2.33. The SMILES string of the molecule is Cc1cc(C)c(S(=O)(=O)N2CCC(C(=O)NCc3ccc(F)cc3C(F)(F)F)CC2)c(C)c1. The number of halogens is 4. The first kappa shape index (κ1) is 25.2. The van der Waals surface area contributed by atoms with Crippen LogP contribution in [-0.2, 0) is 27.5 Å². The van der Waals surface area contributed by atoms with E-state index < -0.39 is 46.0 Å². The van der Waals surface area contributed by atoms with Crippen molar-refractivity contribution in [2.24, 2.45) is 5.92 Å². The van der Waals surface area contributed by atoms with Gasteiger partial charge in [0.2, 0.25) is 15.9 Å². The molecule has 3 rings (SSSR count). The summed E-state index contributed by atoms with van der Waals surface area (Å²) in [5.74, 6) is -1.98. The van der Waals surface area contributed by atoms with E-state index in [9.17, 15) is 30.8 Å². The van der Waals surface area contributed by atoms with Crippen LogP contribution in [0.25, 0.3) is 0 Å². The molecule has 1 saturated heterocycles. The normalized spacial score (nSPS) is 16.1. The summed E-state index contributed by atoms with van der Waals surface area (Å²) in [4.78, 5) is 12.8. The quantitative estimate of drug-likeness (QED) is 0.634. The molecule has 0 atom stereocenters. The second kappa shape index (κ2) is 9.42. The van der Waals surface area contributed by atoms with Gasteiger partial charge >= 0.3 is 6.18 Å². The van der Waals surface area contributed by atoms with E-state index in [1.807, 2.05) is 19.1 Å². The zero-order valence-corrected chi connectivity index (χ0v) is 19.4. The van der Waals surface area contributed by atoms with Gasteiger partial charge in [0.25, 0.3) is 0 Å². The third-order valence-electron chi connectivity index (χ3n) is 5.86. The fourth-order valence-electron chi connectivity index (χ4n) is 4.35. The van der Waals surface area contributed by atoms with Crippen LogP contribution in [0.4, 0.5) is 17.6 Å². The van der Waals surface area contributed by atoms with E-state index in [2.05, 4.69) is 5.32 Å². The predicted molar refractivity (Wildman–Crippen MR) is 115 cm³/mol. The van der Waals surface area contributed by atoms with Crippen molar-refractivity contribution in [2.45, 2.75) is 51.2 Å². The van der Waals surface area contributed by atoms with Crippen LogP contribution in [0.1, 0.15) is 40.7 Å². The van der Waals surface area contributed by atoms with Gasteiger partial charge in [-0.15, -0.1) is 0 Å². The Kier molecular flexibility index (Phi) is 7.18. The number of rotatable bonds is 5. The first-order valence-electron chi connectivity index (χ1n) is 10.5. The Morgan fingerprint density at radius 1 is 1.06 bits per heavy atom. The number of hydrogen-bond donors (Lipinski definition) is 1. The molecule has 1 amide bonds. The van der Waals surface area contributed by atoms with Crippen LogP contribution in [0.2, 0.25) is 0 Å². The third kappa shape index (κ3) is 5.55. The van der Waals surface area contributed by atoms with Crippen molar-refractivity contribution in [3.8, 4) is 0 Å². The maximum Gasteiger partial charge on any atom is 0.416 e. The van der Waals surface area contributed by atoms with Crippen molar-refractivity contribution in [1.82, 2.24) is 9.62 Å². The molecule has 1 N–H and O–H groups in total. The molecule has 33 heavy (non-hydrogen) atoms. The maximum atomic E-state index is 13.3. The minimum Gasteiger partial charge on any atom is -0.352 e. The van der Waals surface area contributed by atoms with Gasteiger partial charge in [-0.05, 0) is 62.4 Å². The first-order valence-corrected chi connectivity index (χ1v) is 12.0. The molecule has 2 aromatic rings. The Bertz CT molecular complexity index is 1130. The molecule has 1 fully saturated rings. The van der Waals surface area contributed by atoms with Gasteiger partial charge in [0.1, 0.15) is 5.82 Å². The average molecular weight is 487 g/mol. The molecular formula is C23H26F4N2O3S. The highest BCUT2D eigenvalue weighted by molar-refractivity contribution is 7.89. The number of aryl methyl sites for hydroxylation is 3. The minimum atomic E-state index is -4.74. The minimum absolute atomic E-state index is 0.136. The highest BCUT2D eigenvalue weighted by atomic mass is 32.2. The van der Waals surface area contributed by atoms with Crippen LogP contribution >= 0.6 is 0 Å². The van der Waals surface area contributed by atoms with Gasteiger partial charge in [-0.1, -0.05) is 23.8 Å². The molecule has 1 aliphatic rings. The summed E-state index contributed by atoms with van der Waals surface area (Å²) in [7, 11) is -3.73. The van der Waals surface area contributed by atoms with Gasteiger partial charge in [-0.25, -0.2) is 12.8 Å². The fraction of sp³-hybridized carbons (Fsp3) is 0.435. The Balaban J connectivity index is 1.65. The van der Waals surface area contributed by atoms with Crippen molar-refractivity contribution in [1.29, 1.82) is 0 Å². The van der Waals surface area contributed by atoms with E-state index in [0.29, 0.717) is 17.2 Å². The molecule has 2 aromatic carbocycles. The molecule has 0 unspecified atom stereocenters. The lowest BCUT2D eigenvalue weighted by atomic mass is 9.97. The van der Waals surface area contributed by atoms with Gasteiger partial charge < -0.3 is 5.32 Å². The predicted octanol–water partition coefficient (Wildman–Crippen LogP) is 4.49. The van der Waals surface area contributed by atoms with E-state index >= 15 is 0 Å². The lowest BCUT2D eigenvalue weighted by Crippen LogP contribution is -2.43. The smallest absolute Gasteiger partial charge is 0.352 e. The second-order valence-electron chi connectivity index (χ2n) is 8.42. The summed E-state index contributed by atoms with van der Waals surface area (Å²) in [6.07, 6.45) is -4.23. The average Bonchev–Trinajstić information content (AvgIpc) is 2.71. The van der Waals surface area contributed by atoms with E-state index in [0.717, 1.165) is 17.7 Å². The van der Waals surface area contributed by atoms with Crippen molar-refractivity contribution in [3.63, 3.8) is 0 Å². The number of nitrogens with zero attached hydrogens (tertiary/aromatic N) is 1. The Morgan fingerprint density at radius 2 is 1.64 bits per heavy atom. The number of benzene rings is 2. The van der Waals surface area contributed by atoms with Gasteiger partial charge in [-0.2, -0.15) is 17.5 Å². The summed E-state index contributed by atoms with van der Waals surface area (Å²) < 4.78 is 80.4. The van der Waals surface area contributed by atoms with E-state index in [4.69, 9.17) is 0 Å². The number of piperidine rings is 1. The first-order chi connectivity index (χ1) is 15.3. The van der Waals surface area contributed by atoms with Crippen LogP contribution in [0.3, 0.4) is 0 Å². The van der Waals surface area contributed by atoms with Gasteiger partial charge in [0.05, 0.1) is 10.5 Å². The number of carbonyl (C=O) groups is 1. The van der Waals surface area contributed by atoms with E-state index in [1.165, 1.54) is 4.31 Å². The molecule has 0 spiro atoms. The lowest BCUT2D eigenvalue weighted by Gasteiger charge is -2.31. The summed E-state index contributed by atoms with van der Waals surface area (Å²) in [5, 5.41) is 2.48. The second-order valence-corrected chi connectivity index (χ2v) is 10.3. The number of amides is 1. The molecule has 1 aliphatic heterocycles. The summed E-state index contributed by atoms with van der Waals surface area (Å²) in [5.41, 5.74) is 0.920.